The van der Waals surface area contributed by atoms with Gasteiger partial charge in [0.15, 0.2) is 11.4 Å². The van der Waals surface area contributed by atoms with E-state index >= 15 is 0 Å². The van der Waals surface area contributed by atoms with Gasteiger partial charge in [-0.25, -0.2) is 17.2 Å². The van der Waals surface area contributed by atoms with E-state index in [0.29, 0.717) is 17.0 Å². The van der Waals surface area contributed by atoms with Gasteiger partial charge in [-0.2, -0.15) is 13.2 Å². The second-order valence-electron chi connectivity index (χ2n) is 7.09. The first-order valence-corrected chi connectivity index (χ1v) is 10.2. The van der Waals surface area contributed by atoms with Crippen molar-refractivity contribution in [3.8, 4) is 5.75 Å². The molecule has 1 amide bonds. The molecule has 0 aromatic heterocycles. The van der Waals surface area contributed by atoms with Gasteiger partial charge in [0.1, 0.15) is 17.3 Å². The zero-order valence-electron chi connectivity index (χ0n) is 15.8. The fourth-order valence-corrected chi connectivity index (χ4v) is 3.49. The van der Waals surface area contributed by atoms with Gasteiger partial charge in [0.25, 0.3) is 5.91 Å². The van der Waals surface area contributed by atoms with E-state index in [0.717, 1.165) is 24.5 Å². The molecule has 0 unspecified atom stereocenters. The summed E-state index contributed by atoms with van der Waals surface area (Å²) in [6.45, 7) is 2.60. The normalized spacial score (nSPS) is 16.1. The summed E-state index contributed by atoms with van der Waals surface area (Å²) in [5, 5.41) is 0. The Hall–Kier alpha value is -2.89. The number of rotatable bonds is 3. The van der Waals surface area contributed by atoms with Crippen LogP contribution in [-0.4, -0.2) is 26.2 Å². The van der Waals surface area contributed by atoms with Crippen LogP contribution in [0.4, 0.5) is 39.0 Å². The van der Waals surface area contributed by atoms with Crippen molar-refractivity contribution in [1.82, 2.24) is 0 Å². The van der Waals surface area contributed by atoms with Crippen LogP contribution in [0.2, 0.25) is 0 Å². The van der Waals surface area contributed by atoms with Gasteiger partial charge in [0.2, 0.25) is 10.0 Å². The molecule has 0 radical (unpaired) electrons. The molecule has 1 heterocycles. The van der Waals surface area contributed by atoms with Crippen molar-refractivity contribution < 1.29 is 39.9 Å². The summed E-state index contributed by atoms with van der Waals surface area (Å²) in [6, 6.07) is 3.65. The summed E-state index contributed by atoms with van der Waals surface area (Å²) in [5.74, 6) is -3.89. The van der Waals surface area contributed by atoms with Crippen LogP contribution in [0.15, 0.2) is 30.3 Å². The van der Waals surface area contributed by atoms with Crippen LogP contribution in [0.25, 0.3) is 0 Å². The van der Waals surface area contributed by atoms with Crippen molar-refractivity contribution in [3.05, 3.63) is 47.5 Å². The van der Waals surface area contributed by atoms with Crippen molar-refractivity contribution in [2.45, 2.75) is 25.6 Å². The third kappa shape index (κ3) is 4.04. The van der Waals surface area contributed by atoms with Crippen molar-refractivity contribution in [1.29, 1.82) is 0 Å². The van der Waals surface area contributed by atoms with Crippen molar-refractivity contribution in [3.63, 3.8) is 0 Å². The van der Waals surface area contributed by atoms with Crippen LogP contribution in [0.1, 0.15) is 19.4 Å². The number of nitrogens with one attached hydrogen (secondary N) is 1. The summed E-state index contributed by atoms with van der Waals surface area (Å²) in [4.78, 5) is 13.5. The highest BCUT2D eigenvalue weighted by atomic mass is 32.2. The molecule has 0 saturated carbocycles. The molecule has 3 rings (SSSR count). The highest BCUT2D eigenvalue weighted by Crippen LogP contribution is 2.46. The van der Waals surface area contributed by atoms with E-state index in [1.54, 1.807) is 0 Å². The van der Waals surface area contributed by atoms with Gasteiger partial charge in [0.05, 0.1) is 23.2 Å². The van der Waals surface area contributed by atoms with Gasteiger partial charge in [-0.05, 0) is 32.0 Å². The van der Waals surface area contributed by atoms with Crippen LogP contribution in [0.5, 0.6) is 5.75 Å². The molecule has 6 nitrogen and oxygen atoms in total. The minimum Gasteiger partial charge on any atom is -0.476 e. The van der Waals surface area contributed by atoms with Crippen LogP contribution in [0, 0.1) is 11.6 Å². The summed E-state index contributed by atoms with van der Waals surface area (Å²) < 4.78 is 98.3. The summed E-state index contributed by atoms with van der Waals surface area (Å²) in [5.41, 5.74) is -4.45. The molecule has 1 aliphatic rings. The Morgan fingerprint density at radius 2 is 1.70 bits per heavy atom. The SMILES string of the molecule is CC1(C)Oc2cc(NS(C)(=O)=O)cc(F)c2N(c2ccc(F)c(C(F)(F)F)c2)C1=O. The maximum atomic E-state index is 14.9. The standard InChI is InChI=1S/C18H15F5N2O4S/c1-17(2)16(26)25(10-4-5-12(19)11(8-10)18(21,22)23)15-13(20)6-9(7-14(15)29-17)24-30(3,27)28/h4-8,24H,1-3H3. The maximum Gasteiger partial charge on any atom is 0.419 e. The number of alkyl halides is 3. The zero-order chi connectivity index (χ0) is 22.6. The van der Waals surface area contributed by atoms with Gasteiger partial charge in [-0.3, -0.25) is 14.4 Å². The van der Waals surface area contributed by atoms with Crippen molar-refractivity contribution in [2.24, 2.45) is 0 Å². The van der Waals surface area contributed by atoms with Gasteiger partial charge < -0.3 is 4.74 Å². The molecule has 0 spiro atoms. The third-order valence-electron chi connectivity index (χ3n) is 4.15. The summed E-state index contributed by atoms with van der Waals surface area (Å²) in [6.07, 6.45) is -4.21. The van der Waals surface area contributed by atoms with E-state index in [9.17, 15) is 35.2 Å². The molecule has 0 fully saturated rings. The van der Waals surface area contributed by atoms with E-state index < -0.39 is 56.3 Å². The summed E-state index contributed by atoms with van der Waals surface area (Å²) in [7, 11) is -3.77. The number of amides is 1. The molecule has 2 aromatic carbocycles. The monoisotopic (exact) mass is 450 g/mol. The molecule has 0 atom stereocenters. The number of hydrogen-bond donors (Lipinski definition) is 1. The van der Waals surface area contributed by atoms with Gasteiger partial charge >= 0.3 is 6.18 Å². The lowest BCUT2D eigenvalue weighted by Crippen LogP contribution is -2.51. The van der Waals surface area contributed by atoms with Crippen LogP contribution < -0.4 is 14.4 Å². The number of anilines is 3. The van der Waals surface area contributed by atoms with Crippen molar-refractivity contribution in [2.75, 3.05) is 15.9 Å². The van der Waals surface area contributed by atoms with E-state index in [1.807, 2.05) is 0 Å². The minimum absolute atomic E-state index is 0.214. The van der Waals surface area contributed by atoms with Crippen LogP contribution in [-0.2, 0) is 21.0 Å². The Morgan fingerprint density at radius 1 is 1.07 bits per heavy atom. The highest BCUT2D eigenvalue weighted by Gasteiger charge is 2.44. The Bertz CT molecular complexity index is 1150. The molecule has 0 saturated heterocycles. The molecule has 1 aliphatic heterocycles. The minimum atomic E-state index is -5.05. The molecule has 162 valence electrons. The maximum absolute atomic E-state index is 14.9. The Morgan fingerprint density at radius 3 is 2.27 bits per heavy atom. The molecule has 0 bridgehead atoms. The van der Waals surface area contributed by atoms with Gasteiger partial charge in [0, 0.05) is 12.1 Å². The first kappa shape index (κ1) is 21.8. The Kier molecular flexibility index (Phi) is 4.96. The smallest absolute Gasteiger partial charge is 0.419 e. The molecule has 12 heteroatoms. The first-order valence-electron chi connectivity index (χ1n) is 8.32. The topological polar surface area (TPSA) is 75.7 Å². The van der Waals surface area contributed by atoms with E-state index in [4.69, 9.17) is 4.74 Å². The second kappa shape index (κ2) is 6.83. The molecule has 1 N–H and O–H groups in total. The number of benzene rings is 2. The number of ether oxygens (including phenoxy) is 1. The number of sulfonamides is 1. The molecule has 2 aromatic rings. The largest absolute Gasteiger partial charge is 0.476 e. The number of carbonyl (C=O) groups excluding carboxylic acids is 1. The Balaban J connectivity index is 2.24. The first-order chi connectivity index (χ1) is 13.6. The molecule has 0 aliphatic carbocycles. The number of nitrogens with zero attached hydrogens (tertiary/aromatic N) is 1. The van der Waals surface area contributed by atoms with E-state index in [2.05, 4.69) is 4.72 Å². The lowest BCUT2D eigenvalue weighted by atomic mass is 10.0. The average molecular weight is 450 g/mol. The van der Waals surface area contributed by atoms with Crippen LogP contribution >= 0.6 is 0 Å². The lowest BCUT2D eigenvalue weighted by Gasteiger charge is -2.39. The lowest BCUT2D eigenvalue weighted by molar-refractivity contribution is -0.140. The highest BCUT2D eigenvalue weighted by molar-refractivity contribution is 7.92. The van der Waals surface area contributed by atoms with Gasteiger partial charge in [-0.1, -0.05) is 0 Å². The summed E-state index contributed by atoms with van der Waals surface area (Å²) >= 11 is 0. The molecular formula is C18H15F5N2O4S. The zero-order valence-corrected chi connectivity index (χ0v) is 16.6. The third-order valence-corrected chi connectivity index (χ3v) is 4.76. The fraction of sp³-hybridized carbons (Fsp3) is 0.278. The van der Waals surface area contributed by atoms with Gasteiger partial charge in [-0.15, -0.1) is 0 Å². The Labute approximate surface area is 168 Å². The quantitative estimate of drug-likeness (QED) is 0.712. The van der Waals surface area contributed by atoms with Crippen LogP contribution in [0.3, 0.4) is 0 Å². The number of carbonyl (C=O) groups is 1. The van der Waals surface area contributed by atoms with Crippen molar-refractivity contribution >= 4 is 33.0 Å². The average Bonchev–Trinajstić information content (AvgIpc) is 2.54. The second-order valence-corrected chi connectivity index (χ2v) is 8.84. The predicted molar refractivity (Wildman–Crippen MR) is 98.1 cm³/mol. The predicted octanol–water partition coefficient (Wildman–Crippen LogP) is 4.19. The number of hydrogen-bond acceptors (Lipinski definition) is 4. The molecular weight excluding hydrogens is 435 g/mol. The van der Waals surface area contributed by atoms with E-state index in [-0.39, 0.29) is 11.4 Å². The number of fused-ring (bicyclic) bond motifs is 1. The van der Waals surface area contributed by atoms with E-state index in [1.165, 1.54) is 13.8 Å². The number of halogens is 5. The molecule has 30 heavy (non-hydrogen) atoms. The fourth-order valence-electron chi connectivity index (χ4n) is 2.95.